The Hall–Kier alpha value is -9.24. The molecular formula is C68H45NO. The molecule has 12 aromatic carbocycles. The van der Waals surface area contributed by atoms with Gasteiger partial charge in [-0.1, -0.05) is 218 Å². The first-order valence-electron chi connectivity index (χ1n) is 24.0. The molecule has 0 fully saturated rings. The van der Waals surface area contributed by atoms with Gasteiger partial charge in [-0.25, -0.2) is 0 Å². The first-order chi connectivity index (χ1) is 34.7. The lowest BCUT2D eigenvalue weighted by Crippen LogP contribution is -2.09. The van der Waals surface area contributed by atoms with Crippen molar-refractivity contribution in [1.29, 1.82) is 0 Å². The second kappa shape index (κ2) is 17.4. The molecule has 70 heavy (non-hydrogen) atoms. The summed E-state index contributed by atoms with van der Waals surface area (Å²) in [6.45, 7) is 0. The maximum Gasteiger partial charge on any atom is 0.143 e. The molecule has 2 heteroatoms. The van der Waals surface area contributed by atoms with Crippen LogP contribution >= 0.6 is 0 Å². The molecule has 0 saturated heterocycles. The maximum atomic E-state index is 6.54. The van der Waals surface area contributed by atoms with Crippen molar-refractivity contribution in [3.63, 3.8) is 0 Å². The van der Waals surface area contributed by atoms with E-state index in [1.165, 1.54) is 60.5 Å². The van der Waals surface area contributed by atoms with Crippen LogP contribution in [0.3, 0.4) is 0 Å². The van der Waals surface area contributed by atoms with Crippen molar-refractivity contribution in [2.45, 2.75) is 0 Å². The van der Waals surface area contributed by atoms with E-state index < -0.39 is 0 Å². The summed E-state index contributed by atoms with van der Waals surface area (Å²) < 4.78 is 6.54. The van der Waals surface area contributed by atoms with Gasteiger partial charge in [0.05, 0.1) is 0 Å². The van der Waals surface area contributed by atoms with E-state index in [4.69, 9.17) is 4.42 Å². The molecule has 1 heterocycles. The molecule has 0 saturated carbocycles. The van der Waals surface area contributed by atoms with Crippen LogP contribution in [-0.2, 0) is 0 Å². The van der Waals surface area contributed by atoms with Gasteiger partial charge in [-0.15, -0.1) is 0 Å². The highest BCUT2D eigenvalue weighted by atomic mass is 16.3. The molecule has 2 nitrogen and oxygen atoms in total. The van der Waals surface area contributed by atoms with Crippen LogP contribution in [0.1, 0.15) is 0 Å². The van der Waals surface area contributed by atoms with Crippen molar-refractivity contribution in [3.05, 3.63) is 273 Å². The van der Waals surface area contributed by atoms with E-state index in [0.29, 0.717) is 0 Å². The Kier molecular flexibility index (Phi) is 10.2. The first-order valence-corrected chi connectivity index (χ1v) is 24.0. The second-order valence-electron chi connectivity index (χ2n) is 18.0. The van der Waals surface area contributed by atoms with Crippen LogP contribution in [0.15, 0.2) is 277 Å². The highest BCUT2D eigenvalue weighted by Crippen LogP contribution is 2.43. The zero-order chi connectivity index (χ0) is 46.4. The molecule has 0 amide bonds. The lowest BCUT2D eigenvalue weighted by atomic mass is 9.89. The van der Waals surface area contributed by atoms with Crippen LogP contribution in [0.4, 0.5) is 17.1 Å². The smallest absolute Gasteiger partial charge is 0.143 e. The minimum atomic E-state index is 0.886. The lowest BCUT2D eigenvalue weighted by Gasteiger charge is -2.26. The predicted molar refractivity (Wildman–Crippen MR) is 296 cm³/mol. The summed E-state index contributed by atoms with van der Waals surface area (Å²) in [6, 6.07) is 98.5. The molecule has 0 atom stereocenters. The summed E-state index contributed by atoms with van der Waals surface area (Å²) >= 11 is 0. The minimum absolute atomic E-state index is 0.886. The third kappa shape index (κ3) is 7.31. The maximum absolute atomic E-state index is 6.54. The first kappa shape index (κ1) is 41.0. The van der Waals surface area contributed by atoms with E-state index in [1.807, 2.05) is 6.07 Å². The highest BCUT2D eigenvalue weighted by Gasteiger charge is 2.18. The summed E-state index contributed by atoms with van der Waals surface area (Å²) in [6.07, 6.45) is 0. The van der Waals surface area contributed by atoms with Crippen LogP contribution in [0.5, 0.6) is 0 Å². The van der Waals surface area contributed by atoms with E-state index >= 15 is 0 Å². The summed E-state index contributed by atoms with van der Waals surface area (Å²) in [5.41, 5.74) is 19.2. The normalized spacial score (nSPS) is 11.4. The fourth-order valence-electron chi connectivity index (χ4n) is 10.5. The predicted octanol–water partition coefficient (Wildman–Crippen LogP) is 19.4. The molecule has 0 aliphatic heterocycles. The van der Waals surface area contributed by atoms with Gasteiger partial charge in [0.15, 0.2) is 0 Å². The highest BCUT2D eigenvalue weighted by molar-refractivity contribution is 6.14. The molecule has 13 aromatic rings. The van der Waals surface area contributed by atoms with Crippen molar-refractivity contribution < 1.29 is 4.42 Å². The zero-order valence-electron chi connectivity index (χ0n) is 38.3. The molecule has 0 unspecified atom stereocenters. The standard InChI is InChI=1S/C68H45NO/c1-3-16-47(17-4-1)56-21-9-11-24-60(56)61-25-12-10-22-57(61)49-32-39-54(40-33-49)69(55-41-34-50(35-42-55)65-45-52-20-7-8-23-58(52)62-26-13-14-27-63(62)65)53-37-30-46(31-38-53)51-36-43-67-66(44-51)64-29-15-28-59(68(64)70-67)48-18-5-2-6-19-48/h1-45H. The van der Waals surface area contributed by atoms with Crippen LogP contribution in [0.2, 0.25) is 0 Å². The summed E-state index contributed by atoms with van der Waals surface area (Å²) in [5.74, 6) is 0. The number of furan rings is 1. The van der Waals surface area contributed by atoms with Crippen LogP contribution in [0, 0.1) is 0 Å². The van der Waals surface area contributed by atoms with Gasteiger partial charge in [0.2, 0.25) is 0 Å². The molecular weight excluding hydrogens is 847 g/mol. The molecule has 0 aliphatic rings. The quantitative estimate of drug-likeness (QED) is 0.134. The van der Waals surface area contributed by atoms with Gasteiger partial charge in [-0.3, -0.25) is 0 Å². The van der Waals surface area contributed by atoms with E-state index in [2.05, 4.69) is 272 Å². The Morgan fingerprint density at radius 2 is 0.657 bits per heavy atom. The average Bonchev–Trinajstić information content (AvgIpc) is 3.82. The number of anilines is 3. The largest absolute Gasteiger partial charge is 0.455 e. The molecule has 0 N–H and O–H groups in total. The van der Waals surface area contributed by atoms with E-state index in [9.17, 15) is 0 Å². The number of para-hydroxylation sites is 1. The SMILES string of the molecule is c1ccc(-c2ccccc2-c2ccccc2-c2ccc(N(c3ccc(-c4ccc5oc6c(-c7ccccc7)cccc6c5c4)cc3)c3ccc(-c4cc5ccccc5c5ccccc45)cc3)cc2)cc1. The van der Waals surface area contributed by atoms with Gasteiger partial charge in [0.1, 0.15) is 11.2 Å². The van der Waals surface area contributed by atoms with E-state index in [1.54, 1.807) is 0 Å². The van der Waals surface area contributed by atoms with Crippen molar-refractivity contribution in [2.75, 3.05) is 4.90 Å². The Bertz CT molecular complexity index is 4020. The van der Waals surface area contributed by atoms with Gasteiger partial charge in [0, 0.05) is 33.4 Å². The Labute approximate surface area is 407 Å². The van der Waals surface area contributed by atoms with Crippen molar-refractivity contribution in [1.82, 2.24) is 0 Å². The number of rotatable bonds is 9. The number of hydrogen-bond donors (Lipinski definition) is 0. The summed E-state index contributed by atoms with van der Waals surface area (Å²) in [5, 5.41) is 7.26. The fourth-order valence-corrected chi connectivity index (χ4v) is 10.5. The Balaban J connectivity index is 0.891. The second-order valence-corrected chi connectivity index (χ2v) is 18.0. The number of hydrogen-bond acceptors (Lipinski definition) is 2. The van der Waals surface area contributed by atoms with Crippen molar-refractivity contribution in [2.24, 2.45) is 0 Å². The molecule has 0 spiro atoms. The molecule has 13 rings (SSSR count). The van der Waals surface area contributed by atoms with Gasteiger partial charge < -0.3 is 9.32 Å². The number of nitrogens with zero attached hydrogens (tertiary/aromatic N) is 1. The Morgan fingerprint density at radius 1 is 0.229 bits per heavy atom. The van der Waals surface area contributed by atoms with Gasteiger partial charge in [0.25, 0.3) is 0 Å². The van der Waals surface area contributed by atoms with Crippen LogP contribution in [0.25, 0.3) is 110 Å². The van der Waals surface area contributed by atoms with Gasteiger partial charge in [-0.05, 0) is 137 Å². The van der Waals surface area contributed by atoms with E-state index in [-0.39, 0.29) is 0 Å². The third-order valence-electron chi connectivity index (χ3n) is 13.9. The lowest BCUT2D eigenvalue weighted by molar-refractivity contribution is 0.670. The van der Waals surface area contributed by atoms with E-state index in [0.717, 1.165) is 66.8 Å². The van der Waals surface area contributed by atoms with Gasteiger partial charge >= 0.3 is 0 Å². The van der Waals surface area contributed by atoms with Gasteiger partial charge in [-0.2, -0.15) is 0 Å². The molecule has 0 bridgehead atoms. The number of benzene rings is 12. The minimum Gasteiger partial charge on any atom is -0.455 e. The number of fused-ring (bicyclic) bond motifs is 6. The summed E-state index contributed by atoms with van der Waals surface area (Å²) in [4.78, 5) is 2.37. The Morgan fingerprint density at radius 3 is 1.27 bits per heavy atom. The average molecular weight is 892 g/mol. The fraction of sp³-hybridized carbons (Fsp3) is 0. The van der Waals surface area contributed by atoms with Crippen molar-refractivity contribution >= 4 is 60.5 Å². The van der Waals surface area contributed by atoms with Crippen LogP contribution in [-0.4, -0.2) is 0 Å². The zero-order valence-corrected chi connectivity index (χ0v) is 38.3. The van der Waals surface area contributed by atoms with Crippen LogP contribution < -0.4 is 4.90 Å². The van der Waals surface area contributed by atoms with Crippen molar-refractivity contribution in [3.8, 4) is 66.8 Å². The molecule has 328 valence electrons. The molecule has 0 radical (unpaired) electrons. The summed E-state index contributed by atoms with van der Waals surface area (Å²) in [7, 11) is 0. The topological polar surface area (TPSA) is 16.4 Å². The monoisotopic (exact) mass is 891 g/mol. The third-order valence-corrected chi connectivity index (χ3v) is 13.9. The molecule has 0 aliphatic carbocycles. The molecule has 1 aromatic heterocycles.